The van der Waals surface area contributed by atoms with E-state index in [1.54, 1.807) is 0 Å². The molecule has 3 fully saturated rings. The van der Waals surface area contributed by atoms with E-state index < -0.39 is 24.5 Å². The monoisotopic (exact) mass is 245 g/mol. The smallest absolute Gasteiger partial charge is 0.120 e. The first-order chi connectivity index (χ1) is 8.16. The van der Waals surface area contributed by atoms with Gasteiger partial charge in [0.25, 0.3) is 0 Å². The largest absolute Gasteiger partial charge is 0.360 e. The first-order valence-electron chi connectivity index (χ1n) is 6.67. The highest BCUT2D eigenvalue weighted by Gasteiger charge is 2.59. The van der Waals surface area contributed by atoms with Crippen LogP contribution < -0.4 is 5.32 Å². The molecule has 0 aromatic rings. The molecular formula is C13H21F2NO. The normalized spacial score (nSPS) is 32.8. The highest BCUT2D eigenvalue weighted by atomic mass is 19.1. The van der Waals surface area contributed by atoms with Gasteiger partial charge in [-0.2, -0.15) is 0 Å². The molecule has 17 heavy (non-hydrogen) atoms. The van der Waals surface area contributed by atoms with Gasteiger partial charge in [-0.1, -0.05) is 12.8 Å². The van der Waals surface area contributed by atoms with Gasteiger partial charge in [0.1, 0.15) is 5.72 Å². The summed E-state index contributed by atoms with van der Waals surface area (Å²) < 4.78 is 31.6. The number of hydrogen-bond donors (Lipinski definition) is 1. The van der Waals surface area contributed by atoms with Gasteiger partial charge in [-0.05, 0) is 12.8 Å². The zero-order valence-electron chi connectivity index (χ0n) is 10.2. The Balaban J connectivity index is 1.59. The van der Waals surface area contributed by atoms with Crippen LogP contribution in [-0.2, 0) is 4.74 Å². The third-order valence-corrected chi connectivity index (χ3v) is 4.99. The van der Waals surface area contributed by atoms with Crippen LogP contribution in [0.3, 0.4) is 0 Å². The molecule has 1 saturated heterocycles. The maximum Gasteiger partial charge on any atom is 0.120 e. The van der Waals surface area contributed by atoms with E-state index in [1.165, 1.54) is 25.7 Å². The van der Waals surface area contributed by atoms with Gasteiger partial charge in [0, 0.05) is 30.2 Å². The fourth-order valence-electron chi connectivity index (χ4n) is 3.80. The third-order valence-electron chi connectivity index (χ3n) is 4.99. The van der Waals surface area contributed by atoms with Crippen molar-refractivity contribution in [2.24, 2.45) is 10.8 Å². The Bertz CT molecular complexity index is 278. The van der Waals surface area contributed by atoms with Gasteiger partial charge in [0.15, 0.2) is 0 Å². The molecule has 2 spiro atoms. The predicted octanol–water partition coefficient (Wildman–Crippen LogP) is 2.58. The number of halogens is 2. The van der Waals surface area contributed by atoms with Crippen molar-refractivity contribution in [2.75, 3.05) is 26.5 Å². The zero-order valence-corrected chi connectivity index (χ0v) is 10.2. The summed E-state index contributed by atoms with van der Waals surface area (Å²) in [5, 5.41) is 3.43. The first-order valence-corrected chi connectivity index (χ1v) is 6.67. The van der Waals surface area contributed by atoms with Crippen LogP contribution in [0.5, 0.6) is 0 Å². The molecule has 1 N–H and O–H groups in total. The molecule has 0 radical (unpaired) electrons. The van der Waals surface area contributed by atoms with Crippen LogP contribution in [0, 0.1) is 10.8 Å². The van der Waals surface area contributed by atoms with Gasteiger partial charge in [-0.3, -0.25) is 14.1 Å². The lowest BCUT2D eigenvalue weighted by molar-refractivity contribution is -0.237. The topological polar surface area (TPSA) is 21.3 Å². The average molecular weight is 245 g/mol. The van der Waals surface area contributed by atoms with Crippen LogP contribution in [0.25, 0.3) is 0 Å². The van der Waals surface area contributed by atoms with Gasteiger partial charge >= 0.3 is 0 Å². The molecule has 1 heterocycles. The summed E-state index contributed by atoms with van der Waals surface area (Å²) >= 11 is 0. The molecule has 2 aliphatic carbocycles. The highest BCUT2D eigenvalue weighted by Crippen LogP contribution is 2.53. The summed E-state index contributed by atoms with van der Waals surface area (Å²) in [5.74, 6) is 0. The fourth-order valence-corrected chi connectivity index (χ4v) is 3.80. The Morgan fingerprint density at radius 2 is 1.71 bits per heavy atom. The summed E-state index contributed by atoms with van der Waals surface area (Å²) in [6, 6.07) is 0. The van der Waals surface area contributed by atoms with Crippen molar-refractivity contribution >= 4 is 0 Å². The highest BCUT2D eigenvalue weighted by molar-refractivity contribution is 5.07. The van der Waals surface area contributed by atoms with E-state index in [1.807, 2.05) is 0 Å². The third kappa shape index (κ3) is 1.80. The lowest BCUT2D eigenvalue weighted by Crippen LogP contribution is -2.68. The van der Waals surface area contributed by atoms with E-state index in [0.29, 0.717) is 18.3 Å². The van der Waals surface area contributed by atoms with Gasteiger partial charge in [0.2, 0.25) is 0 Å². The molecule has 3 rings (SSSR count). The Morgan fingerprint density at radius 1 is 1.06 bits per heavy atom. The average Bonchev–Trinajstić information content (AvgIpc) is 2.77. The summed E-state index contributed by atoms with van der Waals surface area (Å²) in [6.45, 7) is 0.596. The number of alkyl halides is 2. The SMILES string of the molecule is FCC1(CF)CC2(C1)NCC1(CCCC1)CO2. The van der Waals surface area contributed by atoms with Crippen molar-refractivity contribution in [1.82, 2.24) is 5.32 Å². The molecule has 0 bridgehead atoms. The summed E-state index contributed by atoms with van der Waals surface area (Å²) in [6.07, 6.45) is 6.01. The van der Waals surface area contributed by atoms with Gasteiger partial charge in [0.05, 0.1) is 20.0 Å². The summed E-state index contributed by atoms with van der Waals surface area (Å²) in [5.41, 5.74) is -0.853. The van der Waals surface area contributed by atoms with Gasteiger partial charge in [-0.15, -0.1) is 0 Å². The molecule has 0 atom stereocenters. The zero-order chi connectivity index (χ0) is 12.0. The van der Waals surface area contributed by atoms with E-state index in [9.17, 15) is 8.78 Å². The van der Waals surface area contributed by atoms with E-state index in [-0.39, 0.29) is 0 Å². The van der Waals surface area contributed by atoms with E-state index in [0.717, 1.165) is 13.2 Å². The molecule has 4 heteroatoms. The lowest BCUT2D eigenvalue weighted by Gasteiger charge is -2.58. The number of nitrogens with one attached hydrogen (secondary N) is 1. The van der Waals surface area contributed by atoms with E-state index in [2.05, 4.69) is 5.32 Å². The molecular weight excluding hydrogens is 224 g/mol. The summed E-state index contributed by atoms with van der Waals surface area (Å²) in [7, 11) is 0. The van der Waals surface area contributed by atoms with Crippen LogP contribution >= 0.6 is 0 Å². The Hall–Kier alpha value is -0.220. The second-order valence-electron chi connectivity index (χ2n) is 6.46. The van der Waals surface area contributed by atoms with Crippen molar-refractivity contribution in [2.45, 2.75) is 44.2 Å². The Morgan fingerprint density at radius 3 is 2.18 bits per heavy atom. The minimum Gasteiger partial charge on any atom is -0.360 e. The van der Waals surface area contributed by atoms with Gasteiger partial charge in [-0.25, -0.2) is 0 Å². The van der Waals surface area contributed by atoms with Crippen molar-refractivity contribution in [3.05, 3.63) is 0 Å². The van der Waals surface area contributed by atoms with Crippen molar-refractivity contribution < 1.29 is 13.5 Å². The minimum absolute atomic E-state index is 0.314. The quantitative estimate of drug-likeness (QED) is 0.807. The molecule has 98 valence electrons. The predicted molar refractivity (Wildman–Crippen MR) is 61.2 cm³/mol. The van der Waals surface area contributed by atoms with Gasteiger partial charge < -0.3 is 4.74 Å². The Kier molecular flexibility index (Phi) is 2.71. The molecule has 3 aliphatic rings. The standard InChI is InChI=1S/C13H21F2NO/c14-7-12(8-15)5-13(6-12)16-9-11(10-17-13)3-1-2-4-11/h16H,1-10H2. The minimum atomic E-state index is -0.757. The Labute approximate surface area is 101 Å². The number of rotatable bonds is 2. The van der Waals surface area contributed by atoms with Crippen LogP contribution in [-0.4, -0.2) is 32.2 Å². The molecule has 2 saturated carbocycles. The van der Waals surface area contributed by atoms with Crippen LogP contribution in [0.4, 0.5) is 8.78 Å². The first kappa shape index (κ1) is 11.8. The second-order valence-corrected chi connectivity index (χ2v) is 6.46. The molecule has 2 nitrogen and oxygen atoms in total. The molecule has 0 aromatic carbocycles. The second kappa shape index (κ2) is 3.89. The fraction of sp³-hybridized carbons (Fsp3) is 1.00. The summed E-state index contributed by atoms with van der Waals surface area (Å²) in [4.78, 5) is 0. The van der Waals surface area contributed by atoms with Crippen LogP contribution in [0.15, 0.2) is 0 Å². The molecule has 1 aliphatic heterocycles. The van der Waals surface area contributed by atoms with E-state index in [4.69, 9.17) is 4.74 Å². The molecule has 0 unspecified atom stereocenters. The van der Waals surface area contributed by atoms with Crippen LogP contribution in [0.2, 0.25) is 0 Å². The maximum atomic E-state index is 12.8. The van der Waals surface area contributed by atoms with Crippen molar-refractivity contribution in [1.29, 1.82) is 0 Å². The molecule has 0 amide bonds. The van der Waals surface area contributed by atoms with E-state index >= 15 is 0 Å². The maximum absolute atomic E-state index is 12.8. The van der Waals surface area contributed by atoms with Crippen LogP contribution in [0.1, 0.15) is 38.5 Å². The lowest BCUT2D eigenvalue weighted by atomic mass is 9.63. The van der Waals surface area contributed by atoms with Crippen molar-refractivity contribution in [3.63, 3.8) is 0 Å². The molecule has 0 aromatic heterocycles. The van der Waals surface area contributed by atoms with Crippen molar-refractivity contribution in [3.8, 4) is 0 Å². The number of hydrogen-bond acceptors (Lipinski definition) is 2. The number of ether oxygens (including phenoxy) is 1.